The van der Waals surface area contributed by atoms with Crippen molar-refractivity contribution in [1.29, 1.82) is 0 Å². The first-order valence-electron chi connectivity index (χ1n) is 6.30. The van der Waals surface area contributed by atoms with Crippen LogP contribution in [0.3, 0.4) is 0 Å². The highest BCUT2D eigenvalue weighted by Gasteiger charge is 2.24. The number of aryl methyl sites for hydroxylation is 1. The van der Waals surface area contributed by atoms with Gasteiger partial charge in [0.05, 0.1) is 22.8 Å². The number of rotatable bonds is 5. The minimum Gasteiger partial charge on any atom is -0.478 e. The lowest BCUT2D eigenvalue weighted by molar-refractivity contribution is 0.0688. The molecule has 0 aliphatic heterocycles. The van der Waals surface area contributed by atoms with Crippen LogP contribution in [0, 0.1) is 6.92 Å². The van der Waals surface area contributed by atoms with E-state index in [-0.39, 0.29) is 38.0 Å². The van der Waals surface area contributed by atoms with E-state index in [2.05, 4.69) is 14.7 Å². The second-order valence-electron chi connectivity index (χ2n) is 4.48. The molecule has 0 fully saturated rings. The largest absolute Gasteiger partial charge is 0.478 e. The molecule has 0 aliphatic carbocycles. The average molecular weight is 392 g/mol. The normalized spacial score (nSPS) is 11.2. The minimum absolute atomic E-state index is 0.0122. The van der Waals surface area contributed by atoms with E-state index in [9.17, 15) is 13.2 Å². The second-order valence-corrected chi connectivity index (χ2v) is 6.91. The van der Waals surface area contributed by atoms with E-state index in [4.69, 9.17) is 33.0 Å². The number of carbonyl (C=O) groups is 1. The molecule has 2 rings (SSSR count). The van der Waals surface area contributed by atoms with Gasteiger partial charge in [0.25, 0.3) is 15.9 Å². The lowest BCUT2D eigenvalue weighted by Crippen LogP contribution is -2.17. The summed E-state index contributed by atoms with van der Waals surface area (Å²) in [5.41, 5.74) is -0.339. The quantitative estimate of drug-likeness (QED) is 0.803. The molecule has 1 heterocycles. The summed E-state index contributed by atoms with van der Waals surface area (Å²) in [5.74, 6) is -1.87. The summed E-state index contributed by atoms with van der Waals surface area (Å²) in [5, 5.41) is 8.93. The number of aromatic carboxylic acids is 1. The summed E-state index contributed by atoms with van der Waals surface area (Å²) >= 11 is 11.7. The Kier molecular flexibility index (Phi) is 5.16. The zero-order valence-electron chi connectivity index (χ0n) is 12.4. The van der Waals surface area contributed by atoms with E-state index in [0.29, 0.717) is 0 Å². The molecule has 2 aromatic rings. The van der Waals surface area contributed by atoms with Gasteiger partial charge in [-0.05, 0) is 19.1 Å². The van der Waals surface area contributed by atoms with E-state index in [1.807, 2.05) is 0 Å². The Balaban J connectivity index is 2.52. The summed E-state index contributed by atoms with van der Waals surface area (Å²) in [6.45, 7) is 1.38. The molecular formula is C13H11Cl2N3O5S. The third kappa shape index (κ3) is 3.53. The molecule has 0 unspecified atom stereocenters. The predicted octanol–water partition coefficient (Wildman–Crippen LogP) is 2.60. The fraction of sp³-hybridized carbons (Fsp3) is 0.154. The topological polar surface area (TPSA) is 118 Å². The lowest BCUT2D eigenvalue weighted by Gasteiger charge is -2.13. The molecule has 1 aromatic heterocycles. The highest BCUT2D eigenvalue weighted by Crippen LogP contribution is 2.31. The van der Waals surface area contributed by atoms with Crippen LogP contribution in [0.5, 0.6) is 5.88 Å². The number of sulfonamides is 1. The van der Waals surface area contributed by atoms with Crippen molar-refractivity contribution in [3.8, 4) is 5.88 Å². The first kappa shape index (κ1) is 18.2. The number of hydrogen-bond acceptors (Lipinski definition) is 6. The monoisotopic (exact) mass is 391 g/mol. The van der Waals surface area contributed by atoms with Gasteiger partial charge in [-0.1, -0.05) is 29.3 Å². The summed E-state index contributed by atoms with van der Waals surface area (Å²) < 4.78 is 32.0. The molecule has 1 aromatic carbocycles. The molecule has 0 atom stereocenters. The van der Waals surface area contributed by atoms with Gasteiger partial charge >= 0.3 is 5.97 Å². The number of benzene rings is 1. The Morgan fingerprint density at radius 3 is 2.54 bits per heavy atom. The van der Waals surface area contributed by atoms with Crippen LogP contribution in [0.25, 0.3) is 0 Å². The molecule has 0 radical (unpaired) electrons. The summed E-state index contributed by atoms with van der Waals surface area (Å²) in [6.07, 6.45) is 0. The molecule has 2 N–H and O–H groups in total. The van der Waals surface area contributed by atoms with Crippen LogP contribution in [0.2, 0.25) is 10.0 Å². The smallest absolute Gasteiger partial charge is 0.356 e. The molecule has 8 nitrogen and oxygen atoms in total. The fourth-order valence-corrected chi connectivity index (χ4v) is 3.55. The Morgan fingerprint density at radius 1 is 1.29 bits per heavy atom. The molecule has 0 spiro atoms. The number of methoxy groups -OCH3 is 1. The van der Waals surface area contributed by atoms with Crippen LogP contribution in [0.15, 0.2) is 23.1 Å². The van der Waals surface area contributed by atoms with Crippen LogP contribution in [-0.2, 0) is 10.0 Å². The van der Waals surface area contributed by atoms with Gasteiger partial charge in [-0.25, -0.2) is 23.2 Å². The van der Waals surface area contributed by atoms with E-state index in [0.717, 1.165) is 0 Å². The Bertz CT molecular complexity index is 918. The van der Waals surface area contributed by atoms with Crippen LogP contribution in [-0.4, -0.2) is 36.6 Å². The van der Waals surface area contributed by atoms with Gasteiger partial charge in [0.1, 0.15) is 4.90 Å². The third-order valence-corrected chi connectivity index (χ3v) is 5.18. The first-order valence-corrected chi connectivity index (χ1v) is 8.54. The summed E-state index contributed by atoms with van der Waals surface area (Å²) in [6, 6.07) is 4.12. The average Bonchev–Trinajstić information content (AvgIpc) is 2.49. The summed E-state index contributed by atoms with van der Waals surface area (Å²) in [7, 11) is -2.94. The molecule has 0 saturated heterocycles. The Labute approximate surface area is 147 Å². The van der Waals surface area contributed by atoms with E-state index >= 15 is 0 Å². The van der Waals surface area contributed by atoms with Crippen molar-refractivity contribution in [1.82, 2.24) is 9.97 Å². The van der Waals surface area contributed by atoms with Crippen LogP contribution < -0.4 is 9.46 Å². The van der Waals surface area contributed by atoms with Gasteiger partial charge in [0, 0.05) is 0 Å². The number of aromatic nitrogens is 2. The van der Waals surface area contributed by atoms with Crippen molar-refractivity contribution >= 4 is 45.0 Å². The summed E-state index contributed by atoms with van der Waals surface area (Å²) in [4.78, 5) is 18.4. The highest BCUT2D eigenvalue weighted by atomic mass is 35.5. The maximum atomic E-state index is 12.5. The standard InChI is InChI=1S/C13H11Cl2N3O5S/c1-6-10(13(19)20)17-12(23-2)11(16-6)18-24(21,22)8-5-3-4-7(14)9(8)15/h3-5H,1-2H3,(H,16,18)(H,19,20). The van der Waals surface area contributed by atoms with Crippen molar-refractivity contribution in [2.24, 2.45) is 0 Å². The zero-order chi connectivity index (χ0) is 18.1. The van der Waals surface area contributed by atoms with Crippen LogP contribution in [0.1, 0.15) is 16.2 Å². The second kappa shape index (κ2) is 6.80. The fourth-order valence-electron chi connectivity index (χ4n) is 1.79. The predicted molar refractivity (Wildman–Crippen MR) is 87.6 cm³/mol. The van der Waals surface area contributed by atoms with Crippen LogP contribution in [0.4, 0.5) is 5.82 Å². The molecule has 128 valence electrons. The maximum Gasteiger partial charge on any atom is 0.356 e. The van der Waals surface area contributed by atoms with Gasteiger partial charge in [0.2, 0.25) is 5.82 Å². The number of anilines is 1. The maximum absolute atomic E-state index is 12.5. The number of carboxylic acid groups (broad SMARTS) is 1. The number of carboxylic acids is 1. The van der Waals surface area contributed by atoms with Gasteiger partial charge in [-0.2, -0.15) is 0 Å². The van der Waals surface area contributed by atoms with Crippen molar-refractivity contribution < 1.29 is 23.1 Å². The number of nitrogens with one attached hydrogen (secondary N) is 1. The van der Waals surface area contributed by atoms with Crippen molar-refractivity contribution in [2.75, 3.05) is 11.8 Å². The van der Waals surface area contributed by atoms with Gasteiger partial charge in [0.15, 0.2) is 5.69 Å². The van der Waals surface area contributed by atoms with Crippen LogP contribution >= 0.6 is 23.2 Å². The molecule has 0 aliphatic rings. The Morgan fingerprint density at radius 2 is 1.96 bits per heavy atom. The van der Waals surface area contributed by atoms with Crippen molar-refractivity contribution in [2.45, 2.75) is 11.8 Å². The number of ether oxygens (including phenoxy) is 1. The number of nitrogens with zero attached hydrogens (tertiary/aromatic N) is 2. The van der Waals surface area contributed by atoms with E-state index in [1.165, 1.54) is 32.2 Å². The van der Waals surface area contributed by atoms with Gasteiger partial charge in [-0.3, -0.25) is 4.72 Å². The first-order chi connectivity index (χ1) is 11.2. The molecule has 11 heteroatoms. The molecular weight excluding hydrogens is 381 g/mol. The minimum atomic E-state index is -4.15. The molecule has 0 amide bonds. The highest BCUT2D eigenvalue weighted by molar-refractivity contribution is 7.92. The van der Waals surface area contributed by atoms with E-state index < -0.39 is 16.0 Å². The van der Waals surface area contributed by atoms with Gasteiger partial charge < -0.3 is 9.84 Å². The lowest BCUT2D eigenvalue weighted by atomic mass is 10.3. The Hall–Kier alpha value is -2.10. The molecule has 0 bridgehead atoms. The molecule has 24 heavy (non-hydrogen) atoms. The third-order valence-electron chi connectivity index (χ3n) is 2.87. The number of halogens is 2. The van der Waals surface area contributed by atoms with Gasteiger partial charge in [-0.15, -0.1) is 0 Å². The zero-order valence-corrected chi connectivity index (χ0v) is 14.7. The van der Waals surface area contributed by atoms with Crippen molar-refractivity contribution in [3.63, 3.8) is 0 Å². The molecule has 0 saturated carbocycles. The van der Waals surface area contributed by atoms with E-state index in [1.54, 1.807) is 0 Å². The number of hydrogen-bond donors (Lipinski definition) is 2. The SMILES string of the molecule is COc1nc(C(=O)O)c(C)nc1NS(=O)(=O)c1cccc(Cl)c1Cl. The van der Waals surface area contributed by atoms with Crippen molar-refractivity contribution in [3.05, 3.63) is 39.6 Å².